The van der Waals surface area contributed by atoms with E-state index in [2.05, 4.69) is 5.32 Å². The normalized spacial score (nSPS) is 12.4. The number of hydrogen-bond acceptors (Lipinski definition) is 5. The first-order valence-electron chi connectivity index (χ1n) is 6.17. The molecule has 0 fully saturated rings. The van der Waals surface area contributed by atoms with E-state index in [4.69, 9.17) is 32.7 Å². The first-order valence-corrected chi connectivity index (χ1v) is 7.14. The summed E-state index contributed by atoms with van der Waals surface area (Å²) in [5, 5.41) is 1.59. The quantitative estimate of drug-likeness (QED) is 0.412. The Balaban J connectivity index is 5.54. The molecule has 116 valence electrons. The van der Waals surface area contributed by atoms with Crippen molar-refractivity contribution in [3.8, 4) is 0 Å². The van der Waals surface area contributed by atoms with Crippen molar-refractivity contribution >= 4 is 41.0 Å². The van der Waals surface area contributed by atoms with Crippen LogP contribution in [0.5, 0.6) is 0 Å². The predicted molar refractivity (Wildman–Crippen MR) is 74.8 cm³/mol. The largest absolute Gasteiger partial charge is 0.464 e. The Morgan fingerprint density at radius 3 is 1.90 bits per heavy atom. The van der Waals surface area contributed by atoms with Crippen molar-refractivity contribution in [2.24, 2.45) is 0 Å². The van der Waals surface area contributed by atoms with Crippen LogP contribution in [0.25, 0.3) is 0 Å². The summed E-state index contributed by atoms with van der Waals surface area (Å²) >= 11 is 11.5. The number of amides is 1. The van der Waals surface area contributed by atoms with Crippen LogP contribution < -0.4 is 5.32 Å². The van der Waals surface area contributed by atoms with Gasteiger partial charge in [-0.2, -0.15) is 0 Å². The van der Waals surface area contributed by atoms with E-state index in [0.29, 0.717) is 0 Å². The zero-order valence-corrected chi connectivity index (χ0v) is 13.2. The maximum atomic E-state index is 12.1. The van der Waals surface area contributed by atoms with Crippen molar-refractivity contribution in [3.05, 3.63) is 0 Å². The Hall–Kier alpha value is -1.01. The first kappa shape index (κ1) is 19.0. The third-order valence-electron chi connectivity index (χ3n) is 2.33. The highest BCUT2D eigenvalue weighted by atomic mass is 35.5. The molecule has 0 radical (unpaired) electrons. The molecule has 0 spiro atoms. The summed E-state index contributed by atoms with van der Waals surface area (Å²) in [5.74, 6) is -2.40. The average Bonchev–Trinajstić information content (AvgIpc) is 2.37. The Morgan fingerprint density at radius 1 is 1.15 bits per heavy atom. The maximum Gasteiger partial charge on any atom is 0.343 e. The molecule has 0 rings (SSSR count). The standard InChI is InChI=1S/C12H19Cl2NO5/c1-4-19-10(17)12(15-8(3)16,6-9(14)7-13)11(18)20-5-2/h9H,4-7H2,1-3H3,(H,15,16). The number of rotatable bonds is 8. The molecular formula is C12H19Cl2NO5. The van der Waals surface area contributed by atoms with Crippen molar-refractivity contribution in [2.75, 3.05) is 19.1 Å². The molecule has 0 saturated carbocycles. The molecule has 0 aromatic rings. The van der Waals surface area contributed by atoms with Gasteiger partial charge in [-0.25, -0.2) is 9.59 Å². The second-order valence-corrected chi connectivity index (χ2v) is 4.91. The summed E-state index contributed by atoms with van der Waals surface area (Å²) in [4.78, 5) is 35.6. The van der Waals surface area contributed by atoms with Gasteiger partial charge >= 0.3 is 11.9 Å². The van der Waals surface area contributed by atoms with E-state index in [1.165, 1.54) is 6.92 Å². The minimum atomic E-state index is -1.97. The predicted octanol–water partition coefficient (Wildman–Crippen LogP) is 1.22. The number of alkyl halides is 2. The molecule has 1 atom stereocenters. The molecule has 1 N–H and O–H groups in total. The van der Waals surface area contributed by atoms with Gasteiger partial charge in [0.1, 0.15) is 0 Å². The van der Waals surface area contributed by atoms with Crippen molar-refractivity contribution in [3.63, 3.8) is 0 Å². The molecule has 0 aliphatic carbocycles. The average molecular weight is 328 g/mol. The highest BCUT2D eigenvalue weighted by Gasteiger charge is 2.51. The minimum Gasteiger partial charge on any atom is -0.464 e. The maximum absolute atomic E-state index is 12.1. The van der Waals surface area contributed by atoms with Crippen molar-refractivity contribution in [1.82, 2.24) is 5.32 Å². The zero-order valence-electron chi connectivity index (χ0n) is 11.7. The summed E-state index contributed by atoms with van der Waals surface area (Å²) < 4.78 is 9.73. The van der Waals surface area contributed by atoms with Gasteiger partial charge in [0, 0.05) is 19.2 Å². The fourth-order valence-electron chi connectivity index (χ4n) is 1.60. The molecule has 1 amide bonds. The van der Waals surface area contributed by atoms with Crippen molar-refractivity contribution in [1.29, 1.82) is 0 Å². The van der Waals surface area contributed by atoms with E-state index < -0.39 is 28.8 Å². The van der Waals surface area contributed by atoms with Crippen LogP contribution >= 0.6 is 23.2 Å². The number of nitrogens with one attached hydrogen (secondary N) is 1. The molecule has 0 aliphatic rings. The number of carbonyl (C=O) groups is 3. The van der Waals surface area contributed by atoms with Crippen LogP contribution in [0.3, 0.4) is 0 Å². The van der Waals surface area contributed by atoms with Crippen molar-refractivity contribution in [2.45, 2.75) is 38.1 Å². The van der Waals surface area contributed by atoms with Crippen LogP contribution in [-0.2, 0) is 23.9 Å². The van der Waals surface area contributed by atoms with Gasteiger partial charge in [0.05, 0.1) is 18.6 Å². The second kappa shape index (κ2) is 9.02. The molecule has 0 heterocycles. The lowest BCUT2D eigenvalue weighted by molar-refractivity contribution is -0.168. The molecule has 0 saturated heterocycles. The van der Waals surface area contributed by atoms with Gasteiger partial charge < -0.3 is 14.8 Å². The molecule has 8 heteroatoms. The second-order valence-electron chi connectivity index (χ2n) is 3.98. The van der Waals surface area contributed by atoms with Crippen LogP contribution in [0.2, 0.25) is 0 Å². The van der Waals surface area contributed by atoms with Gasteiger partial charge in [-0.3, -0.25) is 4.79 Å². The van der Waals surface area contributed by atoms with Gasteiger partial charge in [0.25, 0.3) is 0 Å². The van der Waals surface area contributed by atoms with E-state index >= 15 is 0 Å². The topological polar surface area (TPSA) is 81.7 Å². The first-order chi connectivity index (χ1) is 9.33. The summed E-state index contributed by atoms with van der Waals surface area (Å²) in [6.07, 6.45) is -0.213. The summed E-state index contributed by atoms with van der Waals surface area (Å²) in [6, 6.07) is 0. The minimum absolute atomic E-state index is 0.00169. The highest BCUT2D eigenvalue weighted by molar-refractivity contribution is 6.28. The highest BCUT2D eigenvalue weighted by Crippen LogP contribution is 2.22. The number of ether oxygens (including phenoxy) is 2. The van der Waals surface area contributed by atoms with Gasteiger partial charge in [0.15, 0.2) is 0 Å². The van der Waals surface area contributed by atoms with Gasteiger partial charge in [-0.15, -0.1) is 23.2 Å². The number of halogens is 2. The van der Waals surface area contributed by atoms with Crippen molar-refractivity contribution < 1.29 is 23.9 Å². The fourth-order valence-corrected chi connectivity index (χ4v) is 1.94. The molecule has 6 nitrogen and oxygen atoms in total. The molecule has 1 unspecified atom stereocenters. The van der Waals surface area contributed by atoms with Crippen LogP contribution in [0.15, 0.2) is 0 Å². The molecule has 0 aliphatic heterocycles. The molecular weight excluding hydrogens is 309 g/mol. The van der Waals surface area contributed by atoms with Crippen LogP contribution in [0, 0.1) is 0 Å². The van der Waals surface area contributed by atoms with E-state index in [1.807, 2.05) is 0 Å². The van der Waals surface area contributed by atoms with Gasteiger partial charge in [-0.05, 0) is 13.8 Å². The Kier molecular flexibility index (Phi) is 8.57. The lowest BCUT2D eigenvalue weighted by Gasteiger charge is -2.30. The Bertz CT molecular complexity index is 344. The summed E-state index contributed by atoms with van der Waals surface area (Å²) in [6.45, 7) is 4.44. The SMILES string of the molecule is CCOC(=O)C(CC(Cl)CCl)(NC(C)=O)C(=O)OCC. The lowest BCUT2D eigenvalue weighted by Crippen LogP contribution is -2.62. The van der Waals surface area contributed by atoms with E-state index in [1.54, 1.807) is 13.8 Å². The number of hydrogen-bond donors (Lipinski definition) is 1. The van der Waals surface area contributed by atoms with E-state index in [-0.39, 0.29) is 25.5 Å². The lowest BCUT2D eigenvalue weighted by atomic mass is 9.93. The molecule has 0 bridgehead atoms. The fraction of sp³-hybridized carbons (Fsp3) is 0.750. The third-order valence-corrected chi connectivity index (χ3v) is 3.17. The van der Waals surface area contributed by atoms with Crippen LogP contribution in [-0.4, -0.2) is 47.9 Å². The summed E-state index contributed by atoms with van der Waals surface area (Å²) in [5.41, 5.74) is -1.97. The Labute approximate surface area is 128 Å². The van der Waals surface area contributed by atoms with E-state index in [9.17, 15) is 14.4 Å². The van der Waals surface area contributed by atoms with E-state index in [0.717, 1.165) is 0 Å². The smallest absolute Gasteiger partial charge is 0.343 e. The summed E-state index contributed by atoms with van der Waals surface area (Å²) in [7, 11) is 0. The molecule has 0 aromatic heterocycles. The van der Waals surface area contributed by atoms with Crippen LogP contribution in [0.4, 0.5) is 0 Å². The van der Waals surface area contributed by atoms with Gasteiger partial charge in [-0.1, -0.05) is 0 Å². The van der Waals surface area contributed by atoms with Gasteiger partial charge in [0.2, 0.25) is 11.4 Å². The molecule has 20 heavy (non-hydrogen) atoms. The molecule has 0 aromatic carbocycles. The monoisotopic (exact) mass is 327 g/mol. The van der Waals surface area contributed by atoms with Crippen LogP contribution in [0.1, 0.15) is 27.2 Å². The third kappa shape index (κ3) is 5.17. The number of carbonyl (C=O) groups excluding carboxylic acids is 3. The Morgan fingerprint density at radius 2 is 1.60 bits per heavy atom. The number of esters is 2. The zero-order chi connectivity index (χ0) is 15.8.